The Hall–Kier alpha value is -3.12. The van der Waals surface area contributed by atoms with Crippen molar-refractivity contribution in [3.63, 3.8) is 0 Å². The van der Waals surface area contributed by atoms with E-state index in [4.69, 9.17) is 5.11 Å². The number of thioether (sulfide) groups is 1. The van der Waals surface area contributed by atoms with Crippen molar-refractivity contribution in [1.29, 1.82) is 0 Å². The summed E-state index contributed by atoms with van der Waals surface area (Å²) in [5.41, 5.74) is 0.775. The molecule has 0 saturated carbocycles. The van der Waals surface area contributed by atoms with Crippen LogP contribution in [0.4, 0.5) is 0 Å². The molecule has 35 heavy (non-hydrogen) atoms. The molecule has 0 radical (unpaired) electrons. The van der Waals surface area contributed by atoms with Gasteiger partial charge in [0, 0.05) is 11.3 Å². The Kier molecular flexibility index (Phi) is 10.5. The van der Waals surface area contributed by atoms with Gasteiger partial charge in [-0.3, -0.25) is 24.5 Å². The zero-order valence-electron chi connectivity index (χ0n) is 19.7. The van der Waals surface area contributed by atoms with Crippen LogP contribution in [0, 0.1) is 0 Å². The highest BCUT2D eigenvalue weighted by molar-refractivity contribution is 8.01. The highest BCUT2D eigenvalue weighted by atomic mass is 32.2. The van der Waals surface area contributed by atoms with E-state index >= 15 is 0 Å². The van der Waals surface area contributed by atoms with Gasteiger partial charge in [0.15, 0.2) is 0 Å². The first kappa shape index (κ1) is 28.1. The summed E-state index contributed by atoms with van der Waals surface area (Å²) in [5, 5.41) is 28.6. The Morgan fingerprint density at radius 3 is 2.40 bits per heavy atom. The number of unbranched alkanes of at least 4 members (excludes halogenated alkanes) is 1. The molecule has 4 atom stereocenters. The van der Waals surface area contributed by atoms with Gasteiger partial charge in [-0.05, 0) is 38.7 Å². The molecule has 1 fully saturated rings. The second-order valence-electron chi connectivity index (χ2n) is 8.75. The van der Waals surface area contributed by atoms with Crippen molar-refractivity contribution in [2.24, 2.45) is 0 Å². The Labute approximate surface area is 207 Å². The second kappa shape index (κ2) is 13.1. The van der Waals surface area contributed by atoms with Gasteiger partial charge in [-0.1, -0.05) is 30.3 Å². The molecule has 0 aliphatic carbocycles. The number of hydrogen-bond acceptors (Lipinski definition) is 7. The predicted octanol–water partition coefficient (Wildman–Crippen LogP) is 0.0939. The van der Waals surface area contributed by atoms with Gasteiger partial charge in [-0.2, -0.15) is 0 Å². The third kappa shape index (κ3) is 8.55. The lowest BCUT2D eigenvalue weighted by atomic mass is 10.0. The Balaban J connectivity index is 2.01. The standard InChI is InChI=1S/C23H32N4O7S/c1-23(2)18(22(33)34)27-20(35-23)17(26-16(29)12-14-8-4-3-5-9-14)19(30)24-11-7-6-10-15(21(31)32)25-13-28/h3-5,8-9,13,15,17-18,20,27H,6-7,10-12H2,1-2H3,(H,24,30)(H,25,28)(H,26,29)(H,31,32)(H,33,34)/t15-,17+,18?,20?/m0/s1. The maximum atomic E-state index is 13.0. The van der Waals surface area contributed by atoms with E-state index in [0.29, 0.717) is 19.3 Å². The molecule has 3 amide bonds. The van der Waals surface area contributed by atoms with E-state index in [2.05, 4.69) is 21.3 Å². The van der Waals surface area contributed by atoms with Crippen molar-refractivity contribution in [2.75, 3.05) is 6.54 Å². The van der Waals surface area contributed by atoms with E-state index in [1.807, 2.05) is 6.07 Å². The number of carboxylic acids is 2. The third-order valence-corrected chi connectivity index (χ3v) is 7.10. The number of benzene rings is 1. The minimum atomic E-state index is -1.14. The number of carbonyl (C=O) groups excluding carboxylic acids is 3. The van der Waals surface area contributed by atoms with Gasteiger partial charge in [0.1, 0.15) is 18.1 Å². The van der Waals surface area contributed by atoms with E-state index in [1.165, 1.54) is 11.8 Å². The van der Waals surface area contributed by atoms with Gasteiger partial charge in [-0.25, -0.2) is 4.79 Å². The first-order valence-electron chi connectivity index (χ1n) is 11.3. The molecule has 1 aromatic rings. The lowest BCUT2D eigenvalue weighted by molar-refractivity contribution is -0.141. The largest absolute Gasteiger partial charge is 0.480 e. The van der Waals surface area contributed by atoms with Crippen molar-refractivity contribution in [1.82, 2.24) is 21.3 Å². The minimum absolute atomic E-state index is 0.0636. The molecule has 1 saturated heterocycles. The zero-order chi connectivity index (χ0) is 26.0. The highest BCUT2D eigenvalue weighted by Gasteiger charge is 2.49. The molecule has 2 unspecified atom stereocenters. The molecule has 11 nitrogen and oxygen atoms in total. The molecular formula is C23H32N4O7S. The van der Waals surface area contributed by atoms with Crippen LogP contribution >= 0.6 is 11.8 Å². The van der Waals surface area contributed by atoms with Crippen LogP contribution < -0.4 is 21.3 Å². The number of rotatable bonds is 14. The van der Waals surface area contributed by atoms with E-state index in [1.54, 1.807) is 38.1 Å². The molecular weight excluding hydrogens is 476 g/mol. The molecule has 1 aliphatic rings. The molecule has 6 N–H and O–H groups in total. The van der Waals surface area contributed by atoms with Crippen LogP contribution in [0.5, 0.6) is 0 Å². The van der Waals surface area contributed by atoms with E-state index in [9.17, 15) is 29.1 Å². The van der Waals surface area contributed by atoms with Crippen LogP contribution in [0.25, 0.3) is 0 Å². The first-order valence-corrected chi connectivity index (χ1v) is 12.1. The number of carboxylic acid groups (broad SMARTS) is 2. The van der Waals surface area contributed by atoms with Crippen molar-refractivity contribution < 1.29 is 34.2 Å². The molecule has 0 spiro atoms. The summed E-state index contributed by atoms with van der Waals surface area (Å²) in [6, 6.07) is 6.11. The molecule has 1 heterocycles. The van der Waals surface area contributed by atoms with Gasteiger partial charge in [0.05, 0.1) is 11.8 Å². The van der Waals surface area contributed by atoms with Crippen LogP contribution in [-0.2, 0) is 30.4 Å². The van der Waals surface area contributed by atoms with Crippen molar-refractivity contribution in [3.05, 3.63) is 35.9 Å². The van der Waals surface area contributed by atoms with Gasteiger partial charge < -0.3 is 26.2 Å². The predicted molar refractivity (Wildman–Crippen MR) is 130 cm³/mol. The fourth-order valence-corrected chi connectivity index (χ4v) is 5.26. The summed E-state index contributed by atoms with van der Waals surface area (Å²) in [6.45, 7) is 3.74. The Bertz CT molecular complexity index is 912. The smallest absolute Gasteiger partial charge is 0.326 e. The normalized spacial score (nSPS) is 20.3. The molecule has 12 heteroatoms. The molecule has 2 rings (SSSR count). The quantitative estimate of drug-likeness (QED) is 0.150. The third-order valence-electron chi connectivity index (χ3n) is 5.60. The lowest BCUT2D eigenvalue weighted by Gasteiger charge is -2.25. The van der Waals surface area contributed by atoms with E-state index in [0.717, 1.165) is 5.56 Å². The Morgan fingerprint density at radius 1 is 1.14 bits per heavy atom. The lowest BCUT2D eigenvalue weighted by Crippen LogP contribution is -2.57. The number of aliphatic carboxylic acids is 2. The maximum absolute atomic E-state index is 13.0. The van der Waals surface area contributed by atoms with Crippen molar-refractivity contribution in [3.8, 4) is 0 Å². The molecule has 192 valence electrons. The number of amides is 3. The van der Waals surface area contributed by atoms with Gasteiger partial charge in [0.25, 0.3) is 0 Å². The van der Waals surface area contributed by atoms with Gasteiger partial charge >= 0.3 is 11.9 Å². The van der Waals surface area contributed by atoms with Crippen LogP contribution in [0.1, 0.15) is 38.7 Å². The molecule has 1 aromatic carbocycles. The van der Waals surface area contributed by atoms with Crippen LogP contribution in [0.15, 0.2) is 30.3 Å². The number of hydrogen-bond donors (Lipinski definition) is 6. The minimum Gasteiger partial charge on any atom is -0.480 e. The zero-order valence-corrected chi connectivity index (χ0v) is 20.5. The van der Waals surface area contributed by atoms with Gasteiger partial charge in [-0.15, -0.1) is 11.8 Å². The van der Waals surface area contributed by atoms with Crippen LogP contribution in [-0.4, -0.2) is 75.2 Å². The molecule has 0 aromatic heterocycles. The van der Waals surface area contributed by atoms with Crippen molar-refractivity contribution in [2.45, 2.75) is 67.8 Å². The molecule has 0 bridgehead atoms. The maximum Gasteiger partial charge on any atom is 0.326 e. The summed E-state index contributed by atoms with van der Waals surface area (Å²) in [7, 11) is 0. The van der Waals surface area contributed by atoms with Crippen molar-refractivity contribution >= 4 is 41.9 Å². The summed E-state index contributed by atoms with van der Waals surface area (Å²) < 4.78 is -0.712. The fraction of sp³-hybridized carbons (Fsp3) is 0.522. The Morgan fingerprint density at radius 2 is 1.83 bits per heavy atom. The second-order valence-corrected chi connectivity index (χ2v) is 10.5. The average Bonchev–Trinajstić information content (AvgIpc) is 3.12. The topological polar surface area (TPSA) is 174 Å². The SMILES string of the molecule is CC1(C)SC([C@H](NC(=O)Cc2ccccc2)C(=O)NCCCC[C@H](NC=O)C(=O)O)NC1C(=O)O. The first-order chi connectivity index (χ1) is 16.5. The van der Waals surface area contributed by atoms with E-state index < -0.39 is 46.1 Å². The monoisotopic (exact) mass is 508 g/mol. The summed E-state index contributed by atoms with van der Waals surface area (Å²) in [4.78, 5) is 59.0. The van der Waals surface area contributed by atoms with Crippen LogP contribution in [0.3, 0.4) is 0 Å². The summed E-state index contributed by atoms with van der Waals surface area (Å²) in [5.74, 6) is -3.03. The highest BCUT2D eigenvalue weighted by Crippen LogP contribution is 2.39. The van der Waals surface area contributed by atoms with Crippen LogP contribution in [0.2, 0.25) is 0 Å². The number of carbonyl (C=O) groups is 5. The average molecular weight is 509 g/mol. The molecule has 1 aliphatic heterocycles. The summed E-state index contributed by atoms with van der Waals surface area (Å²) >= 11 is 1.27. The van der Waals surface area contributed by atoms with E-state index in [-0.39, 0.29) is 25.3 Å². The fourth-order valence-electron chi connectivity index (χ4n) is 3.77. The number of nitrogens with one attached hydrogen (secondary N) is 4. The van der Waals surface area contributed by atoms with Gasteiger partial charge in [0.2, 0.25) is 18.2 Å². The summed E-state index contributed by atoms with van der Waals surface area (Å²) in [6.07, 6.45) is 1.49.